The van der Waals surface area contributed by atoms with Gasteiger partial charge in [-0.25, -0.2) is 9.18 Å². The Bertz CT molecular complexity index is 816. The number of halogens is 1. The van der Waals surface area contributed by atoms with Crippen molar-refractivity contribution >= 4 is 5.97 Å². The zero-order valence-electron chi connectivity index (χ0n) is 12.1. The first-order chi connectivity index (χ1) is 11.2. The molecule has 3 nitrogen and oxygen atoms in total. The smallest absolute Gasteiger partial charge is 0.343 e. The fourth-order valence-corrected chi connectivity index (χ4v) is 2.01. The van der Waals surface area contributed by atoms with Crippen LogP contribution in [-0.2, 0) is 0 Å². The second kappa shape index (κ2) is 6.75. The summed E-state index contributed by atoms with van der Waals surface area (Å²) in [6.07, 6.45) is 0. The minimum absolute atomic E-state index is 0.157. The second-order valence-electron chi connectivity index (χ2n) is 4.79. The van der Waals surface area contributed by atoms with Gasteiger partial charge in [0.2, 0.25) is 0 Å². The van der Waals surface area contributed by atoms with Crippen LogP contribution in [0.2, 0.25) is 0 Å². The highest BCUT2D eigenvalue weighted by molar-refractivity contribution is 5.91. The number of para-hydroxylation sites is 1. The lowest BCUT2D eigenvalue weighted by Crippen LogP contribution is -2.08. The van der Waals surface area contributed by atoms with E-state index in [9.17, 15) is 9.18 Å². The van der Waals surface area contributed by atoms with Gasteiger partial charge in [-0.2, -0.15) is 0 Å². The van der Waals surface area contributed by atoms with Crippen molar-refractivity contribution < 1.29 is 18.7 Å². The average Bonchev–Trinajstić information content (AvgIpc) is 2.56. The lowest BCUT2D eigenvalue weighted by Gasteiger charge is -2.08. The topological polar surface area (TPSA) is 35.5 Å². The van der Waals surface area contributed by atoms with Crippen LogP contribution in [0.4, 0.5) is 4.39 Å². The molecule has 0 atom stereocenters. The van der Waals surface area contributed by atoms with Crippen molar-refractivity contribution in [2.75, 3.05) is 0 Å². The molecule has 0 radical (unpaired) electrons. The van der Waals surface area contributed by atoms with Gasteiger partial charge in [-0.1, -0.05) is 30.3 Å². The highest BCUT2D eigenvalue weighted by Crippen LogP contribution is 2.22. The van der Waals surface area contributed by atoms with Crippen molar-refractivity contribution in [2.24, 2.45) is 0 Å². The minimum Gasteiger partial charge on any atom is -0.457 e. The van der Waals surface area contributed by atoms with E-state index >= 15 is 0 Å². The molecule has 3 aromatic rings. The Kier molecular flexibility index (Phi) is 4.34. The van der Waals surface area contributed by atoms with E-state index in [2.05, 4.69) is 0 Å². The highest BCUT2D eigenvalue weighted by atomic mass is 19.1. The Balaban J connectivity index is 1.75. The summed E-state index contributed by atoms with van der Waals surface area (Å²) in [6, 6.07) is 21.3. The number of ether oxygens (including phenoxy) is 2. The Labute approximate surface area is 132 Å². The molecule has 0 aromatic heterocycles. The number of rotatable bonds is 4. The third-order valence-electron chi connectivity index (χ3n) is 3.06. The van der Waals surface area contributed by atoms with Gasteiger partial charge in [0.15, 0.2) is 0 Å². The maximum atomic E-state index is 13.1. The lowest BCUT2D eigenvalue weighted by atomic mass is 10.2. The SMILES string of the molecule is O=C(Oc1cccc(F)c1)c1cccc(Oc2ccccc2)c1. The van der Waals surface area contributed by atoms with Gasteiger partial charge < -0.3 is 9.47 Å². The first-order valence-electron chi connectivity index (χ1n) is 7.01. The molecule has 114 valence electrons. The minimum atomic E-state index is -0.575. The van der Waals surface area contributed by atoms with Crippen LogP contribution in [0.5, 0.6) is 17.2 Å². The first kappa shape index (κ1) is 14.8. The van der Waals surface area contributed by atoms with Crippen LogP contribution in [0.25, 0.3) is 0 Å². The van der Waals surface area contributed by atoms with E-state index in [1.165, 1.54) is 18.2 Å². The van der Waals surface area contributed by atoms with E-state index in [-0.39, 0.29) is 5.75 Å². The number of benzene rings is 3. The van der Waals surface area contributed by atoms with Crippen LogP contribution in [-0.4, -0.2) is 5.97 Å². The van der Waals surface area contributed by atoms with Gasteiger partial charge in [0.05, 0.1) is 5.56 Å². The van der Waals surface area contributed by atoms with Gasteiger partial charge in [-0.15, -0.1) is 0 Å². The zero-order valence-corrected chi connectivity index (χ0v) is 12.1. The fraction of sp³-hybridized carbons (Fsp3) is 0. The summed E-state index contributed by atoms with van der Waals surface area (Å²) < 4.78 is 23.9. The third kappa shape index (κ3) is 3.95. The number of esters is 1. The Morgan fingerprint density at radius 1 is 0.739 bits per heavy atom. The molecule has 0 fully saturated rings. The molecule has 0 aliphatic carbocycles. The van der Waals surface area contributed by atoms with Crippen LogP contribution in [0, 0.1) is 5.82 Å². The van der Waals surface area contributed by atoms with Gasteiger partial charge in [-0.3, -0.25) is 0 Å². The standard InChI is InChI=1S/C19H13FO3/c20-15-7-5-11-18(13-15)23-19(21)14-6-4-10-17(12-14)22-16-8-2-1-3-9-16/h1-13H. The summed E-state index contributed by atoms with van der Waals surface area (Å²) >= 11 is 0. The van der Waals surface area contributed by atoms with Crippen molar-refractivity contribution in [1.82, 2.24) is 0 Å². The van der Waals surface area contributed by atoms with E-state index in [1.807, 2.05) is 30.3 Å². The largest absolute Gasteiger partial charge is 0.457 e. The molecule has 0 saturated carbocycles. The van der Waals surface area contributed by atoms with E-state index < -0.39 is 11.8 Å². The Morgan fingerprint density at radius 3 is 2.22 bits per heavy atom. The number of carbonyl (C=O) groups excluding carboxylic acids is 1. The van der Waals surface area contributed by atoms with Gasteiger partial charge in [0, 0.05) is 6.07 Å². The van der Waals surface area contributed by atoms with Crippen molar-refractivity contribution in [3.8, 4) is 17.2 Å². The predicted molar refractivity (Wildman–Crippen MR) is 84.3 cm³/mol. The van der Waals surface area contributed by atoms with Crippen LogP contribution in [0.15, 0.2) is 78.9 Å². The molecule has 0 saturated heterocycles. The maximum Gasteiger partial charge on any atom is 0.343 e. The zero-order chi connectivity index (χ0) is 16.1. The fourth-order valence-electron chi connectivity index (χ4n) is 2.01. The molecule has 0 aliphatic rings. The normalized spacial score (nSPS) is 10.1. The van der Waals surface area contributed by atoms with E-state index in [4.69, 9.17) is 9.47 Å². The van der Waals surface area contributed by atoms with Gasteiger partial charge in [-0.05, 0) is 42.5 Å². The molecule has 3 rings (SSSR count). The summed E-state index contributed by atoms with van der Waals surface area (Å²) in [5.41, 5.74) is 0.322. The number of carbonyl (C=O) groups is 1. The molecule has 0 N–H and O–H groups in total. The quantitative estimate of drug-likeness (QED) is 0.511. The summed E-state index contributed by atoms with van der Waals surface area (Å²) in [7, 11) is 0. The molecule has 0 bridgehead atoms. The Hall–Kier alpha value is -3.14. The molecule has 0 aliphatic heterocycles. The van der Waals surface area contributed by atoms with Gasteiger partial charge in [0.1, 0.15) is 23.1 Å². The molecular weight excluding hydrogens is 295 g/mol. The van der Waals surface area contributed by atoms with Gasteiger partial charge >= 0.3 is 5.97 Å². The summed E-state index contributed by atoms with van der Waals surface area (Å²) in [6.45, 7) is 0. The van der Waals surface area contributed by atoms with E-state index in [0.29, 0.717) is 17.1 Å². The van der Waals surface area contributed by atoms with Crippen molar-refractivity contribution in [3.63, 3.8) is 0 Å². The van der Waals surface area contributed by atoms with Crippen LogP contribution < -0.4 is 9.47 Å². The number of hydrogen-bond donors (Lipinski definition) is 0. The highest BCUT2D eigenvalue weighted by Gasteiger charge is 2.10. The van der Waals surface area contributed by atoms with Crippen LogP contribution in [0.1, 0.15) is 10.4 Å². The van der Waals surface area contributed by atoms with E-state index in [0.717, 1.165) is 6.07 Å². The van der Waals surface area contributed by atoms with Crippen molar-refractivity contribution in [3.05, 3.63) is 90.2 Å². The lowest BCUT2D eigenvalue weighted by molar-refractivity contribution is 0.0734. The molecule has 3 aromatic carbocycles. The molecule has 0 amide bonds. The van der Waals surface area contributed by atoms with Gasteiger partial charge in [0.25, 0.3) is 0 Å². The van der Waals surface area contributed by atoms with Crippen molar-refractivity contribution in [1.29, 1.82) is 0 Å². The summed E-state index contributed by atoms with van der Waals surface area (Å²) in [5, 5.41) is 0. The monoisotopic (exact) mass is 308 g/mol. The Morgan fingerprint density at radius 2 is 1.43 bits per heavy atom. The maximum absolute atomic E-state index is 13.1. The van der Waals surface area contributed by atoms with Crippen LogP contribution in [0.3, 0.4) is 0 Å². The second-order valence-corrected chi connectivity index (χ2v) is 4.79. The molecular formula is C19H13FO3. The predicted octanol–water partition coefficient (Wildman–Crippen LogP) is 4.84. The number of hydrogen-bond acceptors (Lipinski definition) is 3. The molecule has 23 heavy (non-hydrogen) atoms. The molecule has 0 unspecified atom stereocenters. The molecule has 0 spiro atoms. The summed E-state index contributed by atoms with van der Waals surface area (Å²) in [5.74, 6) is 0.308. The van der Waals surface area contributed by atoms with E-state index in [1.54, 1.807) is 24.3 Å². The molecule has 0 heterocycles. The van der Waals surface area contributed by atoms with Crippen LogP contribution >= 0.6 is 0 Å². The summed E-state index contributed by atoms with van der Waals surface area (Å²) in [4.78, 5) is 12.1. The molecule has 4 heteroatoms. The first-order valence-corrected chi connectivity index (χ1v) is 7.01. The van der Waals surface area contributed by atoms with Crippen molar-refractivity contribution in [2.45, 2.75) is 0 Å². The average molecular weight is 308 g/mol. The third-order valence-corrected chi connectivity index (χ3v) is 3.06.